The van der Waals surface area contributed by atoms with Crippen molar-refractivity contribution >= 4 is 25.8 Å². The third-order valence-electron chi connectivity index (χ3n) is 5.08. The molecule has 2 heterocycles. The van der Waals surface area contributed by atoms with E-state index in [1.165, 1.54) is 5.56 Å². The maximum Gasteiger partial charge on any atom is 0.255 e. The van der Waals surface area contributed by atoms with E-state index in [1.54, 1.807) is 4.90 Å². The Morgan fingerprint density at radius 3 is 2.76 bits per heavy atom. The summed E-state index contributed by atoms with van der Waals surface area (Å²) in [5.41, 5.74) is 6.16. The zero-order valence-electron chi connectivity index (χ0n) is 17.4. The number of benzene rings is 1. The Morgan fingerprint density at radius 2 is 2.03 bits per heavy atom. The van der Waals surface area contributed by atoms with Crippen molar-refractivity contribution < 1.29 is 14.4 Å². The molecule has 2 N–H and O–H groups in total. The molecule has 0 spiro atoms. The number of nitrogens with zero attached hydrogens (tertiary/aromatic N) is 1. The molecular formula is C22H29N3O3Si. The normalized spacial score (nSPS) is 18.9. The highest BCUT2D eigenvalue weighted by Crippen LogP contribution is 2.28. The lowest BCUT2D eigenvalue weighted by atomic mass is 10.0. The molecular weight excluding hydrogens is 382 g/mol. The van der Waals surface area contributed by atoms with Gasteiger partial charge in [0.1, 0.15) is 14.1 Å². The van der Waals surface area contributed by atoms with E-state index in [1.807, 2.05) is 12.1 Å². The van der Waals surface area contributed by atoms with Crippen LogP contribution in [0.4, 0.5) is 0 Å². The molecule has 6 nitrogen and oxygen atoms in total. The van der Waals surface area contributed by atoms with Gasteiger partial charge in [-0.3, -0.25) is 19.7 Å². The van der Waals surface area contributed by atoms with Crippen molar-refractivity contribution in [1.82, 2.24) is 15.5 Å². The van der Waals surface area contributed by atoms with Gasteiger partial charge in [-0.2, -0.15) is 0 Å². The predicted molar refractivity (Wildman–Crippen MR) is 115 cm³/mol. The molecule has 1 fully saturated rings. The number of amides is 3. The molecule has 1 aromatic carbocycles. The summed E-state index contributed by atoms with van der Waals surface area (Å²) in [7, 11) is -1.29. The molecule has 1 aromatic rings. The minimum atomic E-state index is -1.29. The van der Waals surface area contributed by atoms with Crippen LogP contribution in [0.3, 0.4) is 0 Å². The van der Waals surface area contributed by atoms with Crippen LogP contribution >= 0.6 is 0 Å². The average Bonchev–Trinajstić information content (AvgIpc) is 2.96. The summed E-state index contributed by atoms with van der Waals surface area (Å²) in [6, 6.07) is 5.38. The first-order valence-corrected chi connectivity index (χ1v) is 13.7. The molecule has 0 radical (unpaired) electrons. The number of carbonyl (C=O) groups excluding carboxylic acids is 3. The van der Waals surface area contributed by atoms with Gasteiger partial charge in [0.15, 0.2) is 0 Å². The predicted octanol–water partition coefficient (Wildman–Crippen LogP) is 1.85. The minimum absolute atomic E-state index is 0.122. The monoisotopic (exact) mass is 411 g/mol. The molecule has 3 amide bonds. The number of hydrogen-bond acceptors (Lipinski definition) is 4. The van der Waals surface area contributed by atoms with Gasteiger partial charge in [0.05, 0.1) is 6.54 Å². The fourth-order valence-electron chi connectivity index (χ4n) is 3.66. The highest BCUT2D eigenvalue weighted by Gasteiger charge is 2.38. The van der Waals surface area contributed by atoms with Gasteiger partial charge in [-0.25, -0.2) is 0 Å². The van der Waals surface area contributed by atoms with Crippen molar-refractivity contribution in [3.05, 3.63) is 34.9 Å². The van der Waals surface area contributed by atoms with Gasteiger partial charge in [-0.05, 0) is 43.0 Å². The highest BCUT2D eigenvalue weighted by molar-refractivity contribution is 6.83. The first-order valence-electron chi connectivity index (χ1n) is 10.2. The van der Waals surface area contributed by atoms with Gasteiger partial charge in [-0.1, -0.05) is 37.7 Å². The summed E-state index contributed by atoms with van der Waals surface area (Å²) in [5.74, 6) is 2.45. The van der Waals surface area contributed by atoms with Crippen molar-refractivity contribution in [3.63, 3.8) is 0 Å². The lowest BCUT2D eigenvalue weighted by Crippen LogP contribution is -2.52. The lowest BCUT2D eigenvalue weighted by Gasteiger charge is -2.29. The van der Waals surface area contributed by atoms with Gasteiger partial charge in [0.2, 0.25) is 11.8 Å². The summed E-state index contributed by atoms with van der Waals surface area (Å²) in [4.78, 5) is 37.8. The number of piperidine rings is 1. The molecule has 1 unspecified atom stereocenters. The maximum absolute atomic E-state index is 12.7. The SMILES string of the molecule is C[Si](C)(C)C#CCNCCCc1ccc2c(c1)CN(C1CCC(=O)NC1=O)C2=O. The zero-order valence-corrected chi connectivity index (χ0v) is 18.4. The van der Waals surface area contributed by atoms with Crippen LogP contribution in [-0.2, 0) is 22.6 Å². The summed E-state index contributed by atoms with van der Waals surface area (Å²) in [5, 5.41) is 5.70. The van der Waals surface area contributed by atoms with Gasteiger partial charge < -0.3 is 10.2 Å². The summed E-state index contributed by atoms with van der Waals surface area (Å²) in [6.45, 7) is 8.77. The molecule has 3 rings (SSSR count). The second-order valence-corrected chi connectivity index (χ2v) is 13.5. The van der Waals surface area contributed by atoms with Crippen LogP contribution in [0.15, 0.2) is 18.2 Å². The van der Waals surface area contributed by atoms with Crippen LogP contribution in [-0.4, -0.2) is 49.8 Å². The van der Waals surface area contributed by atoms with E-state index < -0.39 is 14.1 Å². The molecule has 0 saturated carbocycles. The molecule has 154 valence electrons. The quantitative estimate of drug-likeness (QED) is 0.324. The molecule has 0 aliphatic carbocycles. The topological polar surface area (TPSA) is 78.5 Å². The van der Waals surface area contributed by atoms with E-state index in [0.29, 0.717) is 18.5 Å². The van der Waals surface area contributed by atoms with Gasteiger partial charge in [0, 0.05) is 18.5 Å². The second kappa shape index (κ2) is 8.93. The van der Waals surface area contributed by atoms with E-state index >= 15 is 0 Å². The third kappa shape index (κ3) is 5.55. The Balaban J connectivity index is 1.51. The van der Waals surface area contributed by atoms with Gasteiger partial charge >= 0.3 is 0 Å². The number of fused-ring (bicyclic) bond motifs is 1. The van der Waals surface area contributed by atoms with Crippen LogP contribution < -0.4 is 10.6 Å². The number of rotatable bonds is 6. The molecule has 0 aromatic heterocycles. The number of nitrogens with one attached hydrogen (secondary N) is 2. The van der Waals surface area contributed by atoms with Crippen LogP contribution in [0.5, 0.6) is 0 Å². The largest absolute Gasteiger partial charge is 0.322 e. The number of carbonyl (C=O) groups is 3. The Bertz CT molecular complexity index is 880. The average molecular weight is 412 g/mol. The molecule has 2 aliphatic heterocycles. The van der Waals surface area contributed by atoms with E-state index in [2.05, 4.69) is 47.8 Å². The van der Waals surface area contributed by atoms with Crippen LogP contribution in [0, 0.1) is 11.5 Å². The number of hydrogen-bond donors (Lipinski definition) is 2. The maximum atomic E-state index is 12.7. The molecule has 0 bridgehead atoms. The first kappa shape index (κ1) is 21.3. The standard InChI is InChI=1S/C22H29N3O3Si/c1-29(2,3)13-5-12-23-11-4-6-16-7-8-18-17(14-16)15-25(22(18)28)19-9-10-20(26)24-21(19)27/h7-8,14,19,23H,4,6,9-12,15H2,1-3H3,(H,24,26,27). The van der Waals surface area contributed by atoms with Gasteiger partial charge in [-0.15, -0.1) is 5.54 Å². The Hall–Kier alpha value is -2.43. The van der Waals surface area contributed by atoms with Crippen molar-refractivity contribution in [2.75, 3.05) is 13.1 Å². The van der Waals surface area contributed by atoms with Crippen LogP contribution in [0.2, 0.25) is 19.6 Å². The summed E-state index contributed by atoms with van der Waals surface area (Å²) < 4.78 is 0. The van der Waals surface area contributed by atoms with Crippen molar-refractivity contribution in [3.8, 4) is 11.5 Å². The number of imide groups is 1. The Labute approximate surface area is 173 Å². The molecule has 1 atom stereocenters. The third-order valence-corrected chi connectivity index (χ3v) is 6.01. The Kier molecular flexibility index (Phi) is 6.55. The summed E-state index contributed by atoms with van der Waals surface area (Å²) >= 11 is 0. The zero-order chi connectivity index (χ0) is 21.0. The smallest absolute Gasteiger partial charge is 0.255 e. The number of aryl methyl sites for hydroxylation is 1. The Morgan fingerprint density at radius 1 is 1.24 bits per heavy atom. The van der Waals surface area contributed by atoms with E-state index in [4.69, 9.17) is 0 Å². The second-order valence-electron chi connectivity index (χ2n) is 8.72. The van der Waals surface area contributed by atoms with Crippen molar-refractivity contribution in [2.24, 2.45) is 0 Å². The minimum Gasteiger partial charge on any atom is -0.322 e. The molecule has 7 heteroatoms. The lowest BCUT2D eigenvalue weighted by molar-refractivity contribution is -0.136. The van der Waals surface area contributed by atoms with E-state index in [-0.39, 0.29) is 24.1 Å². The first-order chi connectivity index (χ1) is 13.7. The fourth-order valence-corrected chi connectivity index (χ4v) is 4.28. The van der Waals surface area contributed by atoms with Crippen LogP contribution in [0.25, 0.3) is 0 Å². The fraction of sp³-hybridized carbons (Fsp3) is 0.500. The highest BCUT2D eigenvalue weighted by atomic mass is 28.3. The van der Waals surface area contributed by atoms with E-state index in [9.17, 15) is 14.4 Å². The van der Waals surface area contributed by atoms with Gasteiger partial charge in [0.25, 0.3) is 5.91 Å². The molecule has 2 aliphatic rings. The van der Waals surface area contributed by atoms with Crippen molar-refractivity contribution in [2.45, 2.75) is 57.9 Å². The summed E-state index contributed by atoms with van der Waals surface area (Å²) in [6.07, 6.45) is 2.59. The molecule has 1 saturated heterocycles. The van der Waals surface area contributed by atoms with E-state index in [0.717, 1.165) is 31.5 Å². The van der Waals surface area contributed by atoms with Crippen molar-refractivity contribution in [1.29, 1.82) is 0 Å². The van der Waals surface area contributed by atoms with Crippen LogP contribution in [0.1, 0.15) is 40.7 Å². The molecule has 29 heavy (non-hydrogen) atoms.